The molecular formula is C18H37NO3. The molecule has 0 saturated carbocycles. The van der Waals surface area contributed by atoms with Gasteiger partial charge in [-0.1, -0.05) is 90.4 Å². The molecule has 0 rings (SSSR count). The van der Waals surface area contributed by atoms with E-state index in [0.717, 1.165) is 12.8 Å². The van der Waals surface area contributed by atoms with Gasteiger partial charge in [-0.3, -0.25) is 4.79 Å². The number of unbranched alkanes of at least 4 members (excludes halogenated alkanes) is 13. The second-order valence-corrected chi connectivity index (χ2v) is 6.26. The van der Waals surface area contributed by atoms with Crippen molar-refractivity contribution >= 4 is 5.91 Å². The van der Waals surface area contributed by atoms with Crippen molar-refractivity contribution in [3.05, 3.63) is 0 Å². The van der Waals surface area contributed by atoms with Gasteiger partial charge in [-0.25, -0.2) is 0 Å². The first-order valence-electron chi connectivity index (χ1n) is 9.32. The molecule has 0 atom stereocenters. The molecule has 0 radical (unpaired) electrons. The Morgan fingerprint density at radius 2 is 1.09 bits per heavy atom. The van der Waals surface area contributed by atoms with E-state index in [9.17, 15) is 4.79 Å². The molecule has 0 aromatic carbocycles. The van der Waals surface area contributed by atoms with E-state index in [4.69, 9.17) is 10.2 Å². The standard InChI is InChI=1S/C18H37NO3/c1-2-3-4-5-6-7-8-9-10-11-12-13-14-15-16-19-17(20)18(21)22/h18,21-22H,2-16H2,1H3,(H,19,20). The molecule has 0 spiro atoms. The van der Waals surface area contributed by atoms with E-state index < -0.39 is 12.2 Å². The Hall–Kier alpha value is -0.610. The number of hydrogen-bond donors (Lipinski definition) is 3. The van der Waals surface area contributed by atoms with Crippen LogP contribution in [0, 0.1) is 0 Å². The predicted octanol–water partition coefficient (Wildman–Crippen LogP) is 3.89. The molecule has 0 bridgehead atoms. The number of carbonyl (C=O) groups excluding carboxylic acids is 1. The minimum Gasteiger partial charge on any atom is -0.361 e. The summed E-state index contributed by atoms with van der Waals surface area (Å²) in [5, 5.41) is 19.6. The molecule has 0 heterocycles. The maximum Gasteiger partial charge on any atom is 0.276 e. The van der Waals surface area contributed by atoms with Crippen LogP contribution in [0.15, 0.2) is 0 Å². The number of amides is 1. The lowest BCUT2D eigenvalue weighted by atomic mass is 10.0. The average molecular weight is 315 g/mol. The fourth-order valence-corrected chi connectivity index (χ4v) is 2.62. The minimum atomic E-state index is -1.88. The number of aliphatic hydroxyl groups excluding tert-OH is 1. The monoisotopic (exact) mass is 315 g/mol. The maximum atomic E-state index is 10.9. The van der Waals surface area contributed by atoms with Crippen LogP contribution < -0.4 is 5.32 Å². The van der Waals surface area contributed by atoms with Crippen LogP contribution in [-0.4, -0.2) is 29.0 Å². The zero-order valence-corrected chi connectivity index (χ0v) is 14.5. The van der Waals surface area contributed by atoms with E-state index in [1.165, 1.54) is 77.0 Å². The van der Waals surface area contributed by atoms with Crippen molar-refractivity contribution in [2.75, 3.05) is 6.54 Å². The van der Waals surface area contributed by atoms with E-state index in [1.54, 1.807) is 0 Å². The van der Waals surface area contributed by atoms with Crippen molar-refractivity contribution in [1.29, 1.82) is 0 Å². The molecule has 0 aromatic heterocycles. The number of hydrogen-bond acceptors (Lipinski definition) is 3. The van der Waals surface area contributed by atoms with Crippen LogP contribution in [0.5, 0.6) is 0 Å². The van der Waals surface area contributed by atoms with Crippen LogP contribution in [0.1, 0.15) is 96.8 Å². The van der Waals surface area contributed by atoms with Crippen LogP contribution >= 0.6 is 0 Å². The number of aliphatic hydroxyl groups is 2. The summed E-state index contributed by atoms with van der Waals surface area (Å²) in [7, 11) is 0. The van der Waals surface area contributed by atoms with Crippen molar-refractivity contribution < 1.29 is 15.0 Å². The smallest absolute Gasteiger partial charge is 0.276 e. The first kappa shape index (κ1) is 21.4. The fraction of sp³-hybridized carbons (Fsp3) is 0.944. The first-order valence-corrected chi connectivity index (χ1v) is 9.32. The molecule has 0 aliphatic rings. The van der Waals surface area contributed by atoms with Gasteiger partial charge in [0.15, 0.2) is 0 Å². The van der Waals surface area contributed by atoms with Crippen LogP contribution in [0.3, 0.4) is 0 Å². The Balaban J connectivity index is 3.04. The lowest BCUT2D eigenvalue weighted by molar-refractivity contribution is -0.147. The summed E-state index contributed by atoms with van der Waals surface area (Å²) in [5.41, 5.74) is 0. The number of carbonyl (C=O) groups is 1. The lowest BCUT2D eigenvalue weighted by Crippen LogP contribution is -2.34. The summed E-state index contributed by atoms with van der Waals surface area (Å²) >= 11 is 0. The zero-order valence-electron chi connectivity index (χ0n) is 14.5. The third kappa shape index (κ3) is 15.8. The van der Waals surface area contributed by atoms with Crippen molar-refractivity contribution in [3.63, 3.8) is 0 Å². The zero-order chi connectivity index (χ0) is 16.5. The summed E-state index contributed by atoms with van der Waals surface area (Å²) < 4.78 is 0. The molecule has 0 saturated heterocycles. The Morgan fingerprint density at radius 1 is 0.727 bits per heavy atom. The van der Waals surface area contributed by atoms with E-state index in [1.807, 2.05) is 0 Å². The van der Waals surface area contributed by atoms with Gasteiger partial charge in [-0.05, 0) is 6.42 Å². The number of nitrogens with one attached hydrogen (secondary N) is 1. The SMILES string of the molecule is CCCCCCCCCCCCCCCCNC(=O)C(O)O. The predicted molar refractivity (Wildman–Crippen MR) is 91.5 cm³/mol. The molecule has 132 valence electrons. The van der Waals surface area contributed by atoms with Gasteiger partial charge in [0.2, 0.25) is 6.29 Å². The molecule has 1 amide bonds. The molecule has 22 heavy (non-hydrogen) atoms. The number of rotatable bonds is 16. The molecule has 0 aromatic rings. The lowest BCUT2D eigenvalue weighted by Gasteiger charge is -2.06. The highest BCUT2D eigenvalue weighted by molar-refractivity contribution is 5.78. The summed E-state index contributed by atoms with van der Waals surface area (Å²) in [6, 6.07) is 0. The van der Waals surface area contributed by atoms with Crippen molar-refractivity contribution in [2.45, 2.75) is 103 Å². The van der Waals surface area contributed by atoms with Crippen LogP contribution in [0.25, 0.3) is 0 Å². The van der Waals surface area contributed by atoms with E-state index in [0.29, 0.717) is 6.54 Å². The van der Waals surface area contributed by atoms with Gasteiger partial charge in [0.1, 0.15) is 0 Å². The summed E-state index contributed by atoms with van der Waals surface area (Å²) in [6.07, 6.45) is 16.4. The van der Waals surface area contributed by atoms with Crippen molar-refractivity contribution in [2.24, 2.45) is 0 Å². The summed E-state index contributed by atoms with van der Waals surface area (Å²) in [4.78, 5) is 10.9. The molecule has 0 fully saturated rings. The van der Waals surface area contributed by atoms with Gasteiger partial charge >= 0.3 is 0 Å². The third-order valence-electron chi connectivity index (χ3n) is 4.06. The Morgan fingerprint density at radius 3 is 1.45 bits per heavy atom. The average Bonchev–Trinajstić information content (AvgIpc) is 2.50. The Kier molecular flexibility index (Phi) is 16.3. The Bertz CT molecular complexity index is 244. The van der Waals surface area contributed by atoms with Crippen LogP contribution in [0.4, 0.5) is 0 Å². The normalized spacial score (nSPS) is 11.1. The molecule has 0 aliphatic carbocycles. The molecular weight excluding hydrogens is 278 g/mol. The summed E-state index contributed by atoms with van der Waals surface area (Å²) in [5.74, 6) is -0.699. The molecule has 0 unspecified atom stereocenters. The highest BCUT2D eigenvalue weighted by Crippen LogP contribution is 2.12. The first-order chi connectivity index (χ1) is 10.7. The minimum absolute atomic E-state index is 0.536. The third-order valence-corrected chi connectivity index (χ3v) is 4.06. The largest absolute Gasteiger partial charge is 0.361 e. The molecule has 3 N–H and O–H groups in total. The van der Waals surface area contributed by atoms with Crippen LogP contribution in [0.2, 0.25) is 0 Å². The highest BCUT2D eigenvalue weighted by Gasteiger charge is 2.08. The van der Waals surface area contributed by atoms with Gasteiger partial charge in [0.05, 0.1) is 0 Å². The quantitative estimate of drug-likeness (QED) is 0.299. The van der Waals surface area contributed by atoms with E-state index in [2.05, 4.69) is 12.2 Å². The Labute approximate surface area is 136 Å². The molecule has 4 heteroatoms. The van der Waals surface area contributed by atoms with E-state index in [-0.39, 0.29) is 0 Å². The fourth-order valence-electron chi connectivity index (χ4n) is 2.62. The van der Waals surface area contributed by atoms with E-state index >= 15 is 0 Å². The second-order valence-electron chi connectivity index (χ2n) is 6.26. The summed E-state index contributed by atoms with van der Waals surface area (Å²) in [6.45, 7) is 2.80. The van der Waals surface area contributed by atoms with Gasteiger partial charge in [0.25, 0.3) is 5.91 Å². The van der Waals surface area contributed by atoms with Gasteiger partial charge in [-0.15, -0.1) is 0 Å². The highest BCUT2D eigenvalue weighted by atomic mass is 16.5. The van der Waals surface area contributed by atoms with Gasteiger partial charge in [-0.2, -0.15) is 0 Å². The van der Waals surface area contributed by atoms with Gasteiger partial charge < -0.3 is 15.5 Å². The van der Waals surface area contributed by atoms with Gasteiger partial charge in [0, 0.05) is 6.54 Å². The molecule has 0 aliphatic heterocycles. The maximum absolute atomic E-state index is 10.9. The van der Waals surface area contributed by atoms with Crippen molar-refractivity contribution in [1.82, 2.24) is 5.32 Å². The van der Waals surface area contributed by atoms with Crippen molar-refractivity contribution in [3.8, 4) is 0 Å². The van der Waals surface area contributed by atoms with Crippen LogP contribution in [-0.2, 0) is 4.79 Å². The second kappa shape index (κ2) is 16.8. The topological polar surface area (TPSA) is 69.6 Å². The molecule has 4 nitrogen and oxygen atoms in total.